The predicted molar refractivity (Wildman–Crippen MR) is 265 cm³/mol. The van der Waals surface area contributed by atoms with Gasteiger partial charge in [-0.25, -0.2) is 9.97 Å². The highest BCUT2D eigenvalue weighted by molar-refractivity contribution is 6.20. The molecule has 3 aliphatic rings. The molecule has 1 atom stereocenters. The van der Waals surface area contributed by atoms with Gasteiger partial charge in [0.05, 0.1) is 28.2 Å². The van der Waals surface area contributed by atoms with E-state index in [9.17, 15) is 0 Å². The molecule has 13 rings (SSSR count). The third-order valence-electron chi connectivity index (χ3n) is 14.0. The van der Waals surface area contributed by atoms with Crippen molar-refractivity contribution in [3.05, 3.63) is 234 Å². The smallest absolute Gasteiger partial charge is 0.160 e. The van der Waals surface area contributed by atoms with Crippen molar-refractivity contribution in [1.29, 1.82) is 0 Å². The number of aromatic nitrogens is 2. The van der Waals surface area contributed by atoms with Crippen molar-refractivity contribution >= 4 is 27.8 Å². The molecule has 10 aromatic rings. The van der Waals surface area contributed by atoms with E-state index in [0.717, 1.165) is 39.5 Å². The Morgan fingerprint density at radius 3 is 1.59 bits per heavy atom. The van der Waals surface area contributed by atoms with Crippen LogP contribution in [0.4, 0.5) is 17.1 Å². The molecule has 1 unspecified atom stereocenters. The van der Waals surface area contributed by atoms with Crippen molar-refractivity contribution in [3.8, 4) is 67.3 Å². The van der Waals surface area contributed by atoms with Gasteiger partial charge in [-0.05, 0) is 96.8 Å². The molecular formula is C61H43N3. The average Bonchev–Trinajstić information content (AvgIpc) is 3.64. The molecule has 64 heavy (non-hydrogen) atoms. The summed E-state index contributed by atoms with van der Waals surface area (Å²) >= 11 is 0. The van der Waals surface area contributed by atoms with Gasteiger partial charge in [0, 0.05) is 33.3 Å². The van der Waals surface area contributed by atoms with Crippen molar-refractivity contribution in [2.75, 3.05) is 4.90 Å². The number of nitrogens with zero attached hydrogens (tertiary/aromatic N) is 3. The predicted octanol–water partition coefficient (Wildman–Crippen LogP) is 15.7. The van der Waals surface area contributed by atoms with Crippen molar-refractivity contribution in [2.24, 2.45) is 0 Å². The van der Waals surface area contributed by atoms with Gasteiger partial charge < -0.3 is 4.90 Å². The summed E-state index contributed by atoms with van der Waals surface area (Å²) in [5.41, 5.74) is 22.2. The van der Waals surface area contributed by atoms with Crippen molar-refractivity contribution in [2.45, 2.75) is 31.6 Å². The van der Waals surface area contributed by atoms with E-state index in [1.165, 1.54) is 77.7 Å². The van der Waals surface area contributed by atoms with Crippen LogP contribution in [-0.4, -0.2) is 9.97 Å². The molecule has 0 radical (unpaired) electrons. The topological polar surface area (TPSA) is 29.0 Å². The monoisotopic (exact) mass is 817 g/mol. The molecule has 0 saturated carbocycles. The summed E-state index contributed by atoms with van der Waals surface area (Å²) in [6, 6.07) is 75.8. The highest BCUT2D eigenvalue weighted by Crippen LogP contribution is 2.64. The van der Waals surface area contributed by atoms with Crippen LogP contribution in [0.15, 0.2) is 206 Å². The molecule has 9 aromatic carbocycles. The number of para-hydroxylation sites is 1. The van der Waals surface area contributed by atoms with E-state index in [2.05, 4.69) is 220 Å². The molecule has 1 aromatic heterocycles. The van der Waals surface area contributed by atoms with Gasteiger partial charge in [0.2, 0.25) is 0 Å². The maximum Gasteiger partial charge on any atom is 0.160 e. The Kier molecular flexibility index (Phi) is 7.78. The van der Waals surface area contributed by atoms with Gasteiger partial charge in [0.15, 0.2) is 5.82 Å². The highest BCUT2D eigenvalue weighted by atomic mass is 15.2. The first-order valence-electron chi connectivity index (χ1n) is 22.3. The maximum absolute atomic E-state index is 5.23. The lowest BCUT2D eigenvalue weighted by molar-refractivity contribution is 0.590. The van der Waals surface area contributed by atoms with Crippen LogP contribution >= 0.6 is 0 Å². The molecule has 0 bridgehead atoms. The lowest BCUT2D eigenvalue weighted by atomic mass is 9.61. The number of benzene rings is 9. The van der Waals surface area contributed by atoms with E-state index in [1.807, 2.05) is 12.1 Å². The molecule has 3 heteroatoms. The number of fused-ring (bicyclic) bond motifs is 11. The van der Waals surface area contributed by atoms with Gasteiger partial charge in [0.1, 0.15) is 0 Å². The molecule has 2 heterocycles. The Labute approximate surface area is 374 Å². The molecule has 0 fully saturated rings. The molecular weight excluding hydrogens is 775 g/mol. The van der Waals surface area contributed by atoms with Gasteiger partial charge in [-0.1, -0.05) is 197 Å². The first-order chi connectivity index (χ1) is 31.4. The van der Waals surface area contributed by atoms with Gasteiger partial charge in [-0.2, -0.15) is 0 Å². The largest absolute Gasteiger partial charge is 0.309 e. The second kappa shape index (κ2) is 13.6. The van der Waals surface area contributed by atoms with Crippen LogP contribution in [0.25, 0.3) is 78.1 Å². The standard InChI is InChI=1S/C61H43N3/c1-60(2,3)41-29-32-51-48(36-41)44-24-11-14-27-50(44)61(51)49-26-13-10-23-43(49)46-30-31-47-45-25-12-15-28-55(45)64(56-34-33-52(61)57(46)58(47)56)42-22-16-21-40(35-42)59-62-53(38-17-6-4-7-18-38)37-54(63-59)39-19-8-5-9-20-39/h4-37H,1-3H3. The Morgan fingerprint density at radius 1 is 0.375 bits per heavy atom. The highest BCUT2D eigenvalue weighted by Gasteiger charge is 2.51. The molecule has 0 amide bonds. The van der Waals surface area contributed by atoms with Crippen LogP contribution in [0.5, 0.6) is 0 Å². The van der Waals surface area contributed by atoms with Gasteiger partial charge >= 0.3 is 0 Å². The SMILES string of the molecule is CC(C)(C)c1ccc2c(c1)-c1ccccc1C21c2ccccc2-c2ccc3c4c(ccc1c24)N(c1cccc(-c2nc(-c4ccccc4)cc(-c4ccccc4)n2)c1)c1ccccc1-3. The minimum Gasteiger partial charge on any atom is -0.309 e. The Balaban J connectivity index is 1.06. The zero-order valence-corrected chi connectivity index (χ0v) is 36.0. The maximum atomic E-state index is 5.23. The normalized spacial score (nSPS) is 15.1. The van der Waals surface area contributed by atoms with Crippen LogP contribution in [-0.2, 0) is 10.8 Å². The third kappa shape index (κ3) is 5.15. The molecule has 3 nitrogen and oxygen atoms in total. The number of hydrogen-bond acceptors (Lipinski definition) is 3. The van der Waals surface area contributed by atoms with Gasteiger partial charge in [0.25, 0.3) is 0 Å². The van der Waals surface area contributed by atoms with Crippen molar-refractivity contribution < 1.29 is 0 Å². The quantitative estimate of drug-likeness (QED) is 0.177. The summed E-state index contributed by atoms with van der Waals surface area (Å²) in [6.45, 7) is 6.95. The number of rotatable bonds is 4. The molecule has 2 aliphatic carbocycles. The fraction of sp³-hybridized carbons (Fsp3) is 0.0820. The summed E-state index contributed by atoms with van der Waals surface area (Å²) in [5, 5.41) is 2.59. The van der Waals surface area contributed by atoms with Crippen LogP contribution in [0, 0.1) is 0 Å². The minimum absolute atomic E-state index is 0.0206. The minimum atomic E-state index is -0.498. The molecule has 0 N–H and O–H groups in total. The number of hydrogen-bond donors (Lipinski definition) is 0. The molecule has 1 aliphatic heterocycles. The third-order valence-corrected chi connectivity index (χ3v) is 14.0. The second-order valence-corrected chi connectivity index (χ2v) is 18.5. The van der Waals surface area contributed by atoms with E-state index in [0.29, 0.717) is 5.82 Å². The zero-order valence-electron chi connectivity index (χ0n) is 36.0. The summed E-state index contributed by atoms with van der Waals surface area (Å²) in [7, 11) is 0. The average molecular weight is 818 g/mol. The van der Waals surface area contributed by atoms with E-state index in [1.54, 1.807) is 0 Å². The van der Waals surface area contributed by atoms with Crippen LogP contribution < -0.4 is 4.90 Å². The lowest BCUT2D eigenvalue weighted by Crippen LogP contribution is -2.32. The van der Waals surface area contributed by atoms with Gasteiger partial charge in [-0.3, -0.25) is 0 Å². The first-order valence-corrected chi connectivity index (χ1v) is 22.3. The first kappa shape index (κ1) is 36.7. The van der Waals surface area contributed by atoms with E-state index >= 15 is 0 Å². The Bertz CT molecular complexity index is 3490. The Hall–Kier alpha value is -7.88. The lowest BCUT2D eigenvalue weighted by Gasteiger charge is -2.42. The van der Waals surface area contributed by atoms with Gasteiger partial charge in [-0.15, -0.1) is 0 Å². The van der Waals surface area contributed by atoms with Crippen LogP contribution in [0.1, 0.15) is 48.6 Å². The van der Waals surface area contributed by atoms with E-state index < -0.39 is 5.41 Å². The summed E-state index contributed by atoms with van der Waals surface area (Å²) in [4.78, 5) is 12.9. The van der Waals surface area contributed by atoms with E-state index in [-0.39, 0.29) is 5.41 Å². The number of anilines is 3. The second-order valence-electron chi connectivity index (χ2n) is 18.5. The summed E-state index contributed by atoms with van der Waals surface area (Å²) in [6.07, 6.45) is 0. The summed E-state index contributed by atoms with van der Waals surface area (Å²) in [5.74, 6) is 0.691. The molecule has 302 valence electrons. The van der Waals surface area contributed by atoms with Crippen molar-refractivity contribution in [1.82, 2.24) is 9.97 Å². The molecule has 0 saturated heterocycles. The molecule has 1 spiro atoms. The zero-order chi connectivity index (χ0) is 42.7. The van der Waals surface area contributed by atoms with E-state index in [4.69, 9.17) is 9.97 Å². The Morgan fingerprint density at radius 2 is 0.922 bits per heavy atom. The fourth-order valence-corrected chi connectivity index (χ4v) is 11.1. The van der Waals surface area contributed by atoms with Crippen molar-refractivity contribution in [3.63, 3.8) is 0 Å². The summed E-state index contributed by atoms with van der Waals surface area (Å²) < 4.78 is 0. The fourth-order valence-electron chi connectivity index (χ4n) is 11.1. The van der Waals surface area contributed by atoms with Crippen LogP contribution in [0.2, 0.25) is 0 Å². The van der Waals surface area contributed by atoms with Crippen LogP contribution in [0.3, 0.4) is 0 Å².